The third kappa shape index (κ3) is 3.78. The van der Waals surface area contributed by atoms with Crippen LogP contribution in [0.5, 0.6) is 0 Å². The SMILES string of the molecule is CC1CCCCN1C(=O)CCc1ncc(-c2ccc(F)cc2)o1. The van der Waals surface area contributed by atoms with E-state index < -0.39 is 0 Å². The number of piperidine rings is 1. The van der Waals surface area contributed by atoms with Gasteiger partial charge >= 0.3 is 0 Å². The van der Waals surface area contributed by atoms with Gasteiger partial charge in [0.15, 0.2) is 11.7 Å². The first-order valence-corrected chi connectivity index (χ1v) is 8.13. The maximum Gasteiger partial charge on any atom is 0.223 e. The van der Waals surface area contributed by atoms with Crippen molar-refractivity contribution in [3.05, 3.63) is 42.2 Å². The Morgan fingerprint density at radius 2 is 2.13 bits per heavy atom. The van der Waals surface area contributed by atoms with Crippen molar-refractivity contribution in [2.24, 2.45) is 0 Å². The number of oxazole rings is 1. The van der Waals surface area contributed by atoms with E-state index in [1.807, 2.05) is 4.90 Å². The first-order valence-electron chi connectivity index (χ1n) is 8.13. The van der Waals surface area contributed by atoms with Crippen molar-refractivity contribution < 1.29 is 13.6 Å². The first-order chi connectivity index (χ1) is 11.1. The number of carbonyl (C=O) groups excluding carboxylic acids is 1. The Kier molecular flexibility index (Phi) is 4.74. The maximum atomic E-state index is 12.9. The van der Waals surface area contributed by atoms with Gasteiger partial charge in [0, 0.05) is 31.0 Å². The fourth-order valence-electron chi connectivity index (χ4n) is 3.00. The van der Waals surface area contributed by atoms with Gasteiger partial charge in [-0.2, -0.15) is 0 Å². The number of aromatic nitrogens is 1. The molecule has 2 heterocycles. The molecular weight excluding hydrogens is 295 g/mol. The summed E-state index contributed by atoms with van der Waals surface area (Å²) in [5, 5.41) is 0. The van der Waals surface area contributed by atoms with E-state index in [0.29, 0.717) is 30.5 Å². The molecule has 1 saturated heterocycles. The number of likely N-dealkylation sites (tertiary alicyclic amines) is 1. The molecule has 4 nitrogen and oxygen atoms in total. The second-order valence-electron chi connectivity index (χ2n) is 6.06. The molecule has 2 aromatic rings. The second kappa shape index (κ2) is 6.94. The van der Waals surface area contributed by atoms with Crippen molar-refractivity contribution in [3.8, 4) is 11.3 Å². The van der Waals surface area contributed by atoms with Crippen molar-refractivity contribution >= 4 is 5.91 Å². The average Bonchev–Trinajstić information content (AvgIpc) is 3.03. The second-order valence-corrected chi connectivity index (χ2v) is 6.06. The van der Waals surface area contributed by atoms with Gasteiger partial charge in [-0.15, -0.1) is 0 Å². The van der Waals surface area contributed by atoms with Crippen LogP contribution in [-0.2, 0) is 11.2 Å². The monoisotopic (exact) mass is 316 g/mol. The lowest BCUT2D eigenvalue weighted by atomic mass is 10.0. The van der Waals surface area contributed by atoms with E-state index in [1.165, 1.54) is 18.6 Å². The van der Waals surface area contributed by atoms with Gasteiger partial charge in [0.1, 0.15) is 5.82 Å². The van der Waals surface area contributed by atoms with E-state index >= 15 is 0 Å². The van der Waals surface area contributed by atoms with Crippen molar-refractivity contribution in [1.29, 1.82) is 0 Å². The first kappa shape index (κ1) is 15.7. The minimum absolute atomic E-state index is 0.165. The number of rotatable bonds is 4. The summed E-state index contributed by atoms with van der Waals surface area (Å²) in [6.07, 6.45) is 5.89. The van der Waals surface area contributed by atoms with Gasteiger partial charge in [0.25, 0.3) is 0 Å². The molecule has 1 amide bonds. The Hall–Kier alpha value is -2.17. The molecule has 0 aliphatic carbocycles. The predicted molar refractivity (Wildman–Crippen MR) is 85.2 cm³/mol. The molecule has 1 atom stereocenters. The molecule has 1 aliphatic rings. The highest BCUT2D eigenvalue weighted by Crippen LogP contribution is 2.22. The maximum absolute atomic E-state index is 12.9. The van der Waals surface area contributed by atoms with Crippen molar-refractivity contribution in [2.45, 2.75) is 45.1 Å². The molecule has 0 saturated carbocycles. The molecule has 5 heteroatoms. The van der Waals surface area contributed by atoms with Crippen molar-refractivity contribution in [1.82, 2.24) is 9.88 Å². The van der Waals surface area contributed by atoms with E-state index in [-0.39, 0.29) is 11.7 Å². The summed E-state index contributed by atoms with van der Waals surface area (Å²) in [5.74, 6) is 1.02. The Labute approximate surface area is 135 Å². The quantitative estimate of drug-likeness (QED) is 0.861. The molecule has 1 aromatic carbocycles. The number of carbonyl (C=O) groups is 1. The minimum atomic E-state index is -0.283. The van der Waals surface area contributed by atoms with Crippen LogP contribution in [0.1, 0.15) is 38.5 Å². The van der Waals surface area contributed by atoms with Gasteiger partial charge in [-0.25, -0.2) is 9.37 Å². The molecule has 0 N–H and O–H groups in total. The number of benzene rings is 1. The molecule has 0 spiro atoms. The molecular formula is C18H21FN2O2. The predicted octanol–water partition coefficient (Wildman–Crippen LogP) is 3.81. The van der Waals surface area contributed by atoms with E-state index in [1.54, 1.807) is 18.3 Å². The molecule has 1 aromatic heterocycles. The van der Waals surface area contributed by atoms with E-state index in [2.05, 4.69) is 11.9 Å². The Bertz CT molecular complexity index is 666. The van der Waals surface area contributed by atoms with Gasteiger partial charge in [-0.3, -0.25) is 4.79 Å². The zero-order valence-electron chi connectivity index (χ0n) is 13.3. The number of aryl methyl sites for hydroxylation is 1. The largest absolute Gasteiger partial charge is 0.441 e. The van der Waals surface area contributed by atoms with Crippen LogP contribution in [0, 0.1) is 5.82 Å². The van der Waals surface area contributed by atoms with E-state index in [4.69, 9.17) is 4.42 Å². The van der Waals surface area contributed by atoms with Crippen LogP contribution in [0.3, 0.4) is 0 Å². The molecule has 23 heavy (non-hydrogen) atoms. The number of nitrogens with zero attached hydrogens (tertiary/aromatic N) is 2. The minimum Gasteiger partial charge on any atom is -0.441 e. The van der Waals surface area contributed by atoms with E-state index in [9.17, 15) is 9.18 Å². The highest BCUT2D eigenvalue weighted by atomic mass is 19.1. The Balaban J connectivity index is 1.58. The number of halogens is 1. The summed E-state index contributed by atoms with van der Waals surface area (Å²) >= 11 is 0. The average molecular weight is 316 g/mol. The summed E-state index contributed by atoms with van der Waals surface area (Å²) in [6.45, 7) is 2.96. The summed E-state index contributed by atoms with van der Waals surface area (Å²) in [7, 11) is 0. The summed E-state index contributed by atoms with van der Waals surface area (Å²) < 4.78 is 18.6. The molecule has 3 rings (SSSR count). The zero-order chi connectivity index (χ0) is 16.2. The lowest BCUT2D eigenvalue weighted by Gasteiger charge is -2.33. The van der Waals surface area contributed by atoms with Crippen LogP contribution < -0.4 is 0 Å². The third-order valence-electron chi connectivity index (χ3n) is 4.36. The highest BCUT2D eigenvalue weighted by molar-refractivity contribution is 5.76. The standard InChI is InChI=1S/C18H21FN2O2/c1-13-4-2-3-11-21(13)18(22)10-9-17-20-12-16(23-17)14-5-7-15(19)8-6-14/h5-8,12-13H,2-4,9-11H2,1H3. The smallest absolute Gasteiger partial charge is 0.223 e. The topological polar surface area (TPSA) is 46.3 Å². The lowest BCUT2D eigenvalue weighted by molar-refractivity contribution is -0.134. The number of hydrogen-bond acceptors (Lipinski definition) is 3. The van der Waals surface area contributed by atoms with Crippen molar-refractivity contribution in [3.63, 3.8) is 0 Å². The fraction of sp³-hybridized carbons (Fsp3) is 0.444. The molecule has 1 aliphatic heterocycles. The number of hydrogen-bond donors (Lipinski definition) is 0. The summed E-state index contributed by atoms with van der Waals surface area (Å²) in [5.41, 5.74) is 0.779. The summed E-state index contributed by atoms with van der Waals surface area (Å²) in [4.78, 5) is 18.5. The Morgan fingerprint density at radius 1 is 1.35 bits per heavy atom. The van der Waals surface area contributed by atoms with Gasteiger partial charge < -0.3 is 9.32 Å². The van der Waals surface area contributed by atoms with E-state index in [0.717, 1.165) is 24.9 Å². The van der Waals surface area contributed by atoms with Crippen LogP contribution in [0.4, 0.5) is 4.39 Å². The van der Waals surface area contributed by atoms with Gasteiger partial charge in [0.2, 0.25) is 5.91 Å². The third-order valence-corrected chi connectivity index (χ3v) is 4.36. The Morgan fingerprint density at radius 3 is 2.87 bits per heavy atom. The molecule has 122 valence electrons. The zero-order valence-corrected chi connectivity index (χ0v) is 13.3. The molecule has 0 radical (unpaired) electrons. The molecule has 1 unspecified atom stereocenters. The van der Waals surface area contributed by atoms with Crippen LogP contribution in [0.15, 0.2) is 34.9 Å². The van der Waals surface area contributed by atoms with Crippen LogP contribution in [0.25, 0.3) is 11.3 Å². The van der Waals surface area contributed by atoms with Gasteiger partial charge in [-0.05, 0) is 50.5 Å². The van der Waals surface area contributed by atoms with Gasteiger partial charge in [0.05, 0.1) is 6.20 Å². The fourth-order valence-corrected chi connectivity index (χ4v) is 3.00. The molecule has 1 fully saturated rings. The lowest BCUT2D eigenvalue weighted by Crippen LogP contribution is -2.42. The van der Waals surface area contributed by atoms with Crippen LogP contribution >= 0.6 is 0 Å². The highest BCUT2D eigenvalue weighted by Gasteiger charge is 2.23. The molecule has 0 bridgehead atoms. The normalized spacial score (nSPS) is 18.2. The van der Waals surface area contributed by atoms with Crippen molar-refractivity contribution in [2.75, 3.05) is 6.54 Å². The van der Waals surface area contributed by atoms with Crippen LogP contribution in [-0.4, -0.2) is 28.4 Å². The number of amides is 1. The van der Waals surface area contributed by atoms with Gasteiger partial charge in [-0.1, -0.05) is 0 Å². The summed E-state index contributed by atoms with van der Waals surface area (Å²) in [6, 6.07) is 6.41. The van der Waals surface area contributed by atoms with Crippen LogP contribution in [0.2, 0.25) is 0 Å².